The molecule has 2 aromatic heterocycles. The molecule has 100 valence electrons. The second-order valence-corrected chi connectivity index (χ2v) is 5.37. The Balaban J connectivity index is 1.93. The van der Waals surface area contributed by atoms with E-state index in [2.05, 4.69) is 45.1 Å². The summed E-state index contributed by atoms with van der Waals surface area (Å²) in [5, 5.41) is 1.09. The predicted octanol–water partition coefficient (Wildman–Crippen LogP) is 2.93. The van der Waals surface area contributed by atoms with Gasteiger partial charge >= 0.3 is 0 Å². The molecule has 0 fully saturated rings. The van der Waals surface area contributed by atoms with Gasteiger partial charge in [0.25, 0.3) is 0 Å². The molecule has 0 bridgehead atoms. The lowest BCUT2D eigenvalue weighted by molar-refractivity contribution is 0.956. The number of likely N-dealkylation sites (N-methyl/N-ethyl adjacent to an activating group) is 1. The van der Waals surface area contributed by atoms with E-state index in [4.69, 9.17) is 0 Å². The van der Waals surface area contributed by atoms with Crippen molar-refractivity contribution in [3.8, 4) is 11.3 Å². The van der Waals surface area contributed by atoms with E-state index in [0.717, 1.165) is 35.5 Å². The molecule has 4 rings (SSSR count). The van der Waals surface area contributed by atoms with Gasteiger partial charge in [-0.2, -0.15) is 0 Å². The summed E-state index contributed by atoms with van der Waals surface area (Å²) in [5.41, 5.74) is 5.85. The van der Waals surface area contributed by atoms with Crippen LogP contribution in [0.25, 0.3) is 22.3 Å². The largest absolute Gasteiger partial charge is 0.374 e. The Morgan fingerprint density at radius 2 is 2.10 bits per heavy atom. The van der Waals surface area contributed by atoms with Crippen molar-refractivity contribution in [2.45, 2.75) is 13.3 Å². The summed E-state index contributed by atoms with van der Waals surface area (Å²) in [6.45, 7) is 3.03. The fourth-order valence-corrected chi connectivity index (χ4v) is 2.99. The monoisotopic (exact) mass is 264 g/mol. The molecule has 4 heteroatoms. The van der Waals surface area contributed by atoms with Crippen molar-refractivity contribution in [1.29, 1.82) is 0 Å². The molecule has 0 aliphatic carbocycles. The van der Waals surface area contributed by atoms with E-state index in [1.165, 1.54) is 16.8 Å². The molecule has 20 heavy (non-hydrogen) atoms. The van der Waals surface area contributed by atoms with Crippen LogP contribution < -0.4 is 4.90 Å². The molecule has 3 heterocycles. The lowest BCUT2D eigenvalue weighted by Crippen LogP contribution is -2.12. The Labute approximate surface area is 117 Å². The number of H-pyrrole nitrogens is 1. The van der Waals surface area contributed by atoms with Crippen LogP contribution in [0.5, 0.6) is 0 Å². The summed E-state index contributed by atoms with van der Waals surface area (Å²) in [6, 6.07) is 8.68. The zero-order valence-electron chi connectivity index (χ0n) is 11.6. The van der Waals surface area contributed by atoms with Gasteiger partial charge in [0.2, 0.25) is 0 Å². The van der Waals surface area contributed by atoms with Crippen LogP contribution in [0.15, 0.2) is 30.5 Å². The summed E-state index contributed by atoms with van der Waals surface area (Å²) in [7, 11) is 2.14. The summed E-state index contributed by atoms with van der Waals surface area (Å²) in [6.07, 6.45) is 3.03. The lowest BCUT2D eigenvalue weighted by Gasteiger charge is -2.12. The number of anilines is 1. The number of aromatic nitrogens is 3. The predicted molar refractivity (Wildman–Crippen MR) is 81.0 cm³/mol. The van der Waals surface area contributed by atoms with Crippen LogP contribution in [-0.2, 0) is 6.42 Å². The zero-order valence-corrected chi connectivity index (χ0v) is 11.6. The van der Waals surface area contributed by atoms with Crippen LogP contribution in [0, 0.1) is 6.92 Å². The Morgan fingerprint density at radius 1 is 1.20 bits per heavy atom. The van der Waals surface area contributed by atoms with Crippen molar-refractivity contribution in [2.24, 2.45) is 0 Å². The molecule has 3 aromatic rings. The molecular weight excluding hydrogens is 248 g/mol. The average Bonchev–Trinajstić information content (AvgIpc) is 3.04. The van der Waals surface area contributed by atoms with Crippen molar-refractivity contribution in [2.75, 3.05) is 18.5 Å². The van der Waals surface area contributed by atoms with Crippen LogP contribution in [0.4, 0.5) is 5.69 Å². The van der Waals surface area contributed by atoms with Crippen molar-refractivity contribution in [1.82, 2.24) is 15.0 Å². The first kappa shape index (κ1) is 11.5. The molecule has 0 amide bonds. The van der Waals surface area contributed by atoms with Crippen molar-refractivity contribution in [3.63, 3.8) is 0 Å². The summed E-state index contributed by atoms with van der Waals surface area (Å²) in [5.74, 6) is 0.799. The smallest absolute Gasteiger partial charge is 0.141 e. The maximum absolute atomic E-state index is 4.64. The fourth-order valence-electron chi connectivity index (χ4n) is 2.99. The van der Waals surface area contributed by atoms with Gasteiger partial charge in [-0.1, -0.05) is 6.07 Å². The van der Waals surface area contributed by atoms with Gasteiger partial charge in [0, 0.05) is 36.4 Å². The maximum Gasteiger partial charge on any atom is 0.141 e. The Morgan fingerprint density at radius 3 is 3.00 bits per heavy atom. The number of hydrogen-bond donors (Lipinski definition) is 1. The second kappa shape index (κ2) is 4.07. The van der Waals surface area contributed by atoms with Gasteiger partial charge in [0.05, 0.1) is 5.69 Å². The van der Waals surface area contributed by atoms with Gasteiger partial charge in [-0.15, -0.1) is 0 Å². The zero-order chi connectivity index (χ0) is 13.7. The van der Waals surface area contributed by atoms with E-state index in [1.54, 1.807) is 0 Å². The quantitative estimate of drug-likeness (QED) is 0.735. The fraction of sp³-hybridized carbons (Fsp3) is 0.250. The van der Waals surface area contributed by atoms with E-state index >= 15 is 0 Å². The first-order chi connectivity index (χ1) is 9.72. The van der Waals surface area contributed by atoms with Crippen LogP contribution >= 0.6 is 0 Å². The van der Waals surface area contributed by atoms with Gasteiger partial charge in [-0.3, -0.25) is 0 Å². The molecule has 0 saturated carbocycles. The van der Waals surface area contributed by atoms with E-state index in [0.29, 0.717) is 0 Å². The Kier molecular flexibility index (Phi) is 2.33. The molecule has 1 aromatic carbocycles. The van der Waals surface area contributed by atoms with Crippen molar-refractivity contribution >= 4 is 16.7 Å². The van der Waals surface area contributed by atoms with Gasteiger partial charge < -0.3 is 9.88 Å². The van der Waals surface area contributed by atoms with E-state index in [-0.39, 0.29) is 0 Å². The molecule has 0 atom stereocenters. The SMILES string of the molecule is Cc1nc(-c2ccc3c(c2)CCN3C)c2cc[nH]c2n1. The number of hydrogen-bond acceptors (Lipinski definition) is 3. The number of rotatable bonds is 1. The number of nitrogens with one attached hydrogen (secondary N) is 1. The highest BCUT2D eigenvalue weighted by Crippen LogP contribution is 2.33. The second-order valence-electron chi connectivity index (χ2n) is 5.37. The lowest BCUT2D eigenvalue weighted by atomic mass is 10.0. The highest BCUT2D eigenvalue weighted by atomic mass is 15.1. The van der Waals surface area contributed by atoms with E-state index in [9.17, 15) is 0 Å². The molecule has 1 aliphatic heterocycles. The van der Waals surface area contributed by atoms with Gasteiger partial charge in [0.15, 0.2) is 0 Å². The highest BCUT2D eigenvalue weighted by Gasteiger charge is 2.17. The summed E-state index contributed by atoms with van der Waals surface area (Å²) in [4.78, 5) is 14.5. The molecule has 0 radical (unpaired) electrons. The number of aromatic amines is 1. The summed E-state index contributed by atoms with van der Waals surface area (Å²) >= 11 is 0. The van der Waals surface area contributed by atoms with Crippen LogP contribution in [0.1, 0.15) is 11.4 Å². The Hall–Kier alpha value is -2.36. The van der Waals surface area contributed by atoms with E-state index < -0.39 is 0 Å². The van der Waals surface area contributed by atoms with Gasteiger partial charge in [0.1, 0.15) is 11.5 Å². The Bertz CT molecular complexity index is 803. The third kappa shape index (κ3) is 1.61. The molecule has 4 nitrogen and oxygen atoms in total. The average molecular weight is 264 g/mol. The topological polar surface area (TPSA) is 44.8 Å². The molecule has 0 unspecified atom stereocenters. The van der Waals surface area contributed by atoms with Gasteiger partial charge in [-0.25, -0.2) is 9.97 Å². The number of benzene rings is 1. The van der Waals surface area contributed by atoms with Crippen LogP contribution in [0.2, 0.25) is 0 Å². The first-order valence-corrected chi connectivity index (χ1v) is 6.88. The number of nitrogens with zero attached hydrogens (tertiary/aromatic N) is 3. The third-order valence-electron chi connectivity index (χ3n) is 4.01. The van der Waals surface area contributed by atoms with Gasteiger partial charge in [-0.05, 0) is 37.1 Å². The molecular formula is C16H16N4. The highest BCUT2D eigenvalue weighted by molar-refractivity contribution is 5.91. The minimum absolute atomic E-state index is 0.799. The third-order valence-corrected chi connectivity index (χ3v) is 4.01. The minimum Gasteiger partial charge on any atom is -0.374 e. The standard InChI is InChI=1S/C16H16N4/c1-10-18-15(13-5-7-17-16(13)19-10)12-3-4-14-11(9-12)6-8-20(14)2/h3-5,7,9H,6,8H2,1-2H3,(H,17,18,19). The molecule has 0 saturated heterocycles. The van der Waals surface area contributed by atoms with Crippen LogP contribution in [-0.4, -0.2) is 28.5 Å². The van der Waals surface area contributed by atoms with Crippen molar-refractivity contribution in [3.05, 3.63) is 41.9 Å². The molecule has 0 spiro atoms. The minimum atomic E-state index is 0.799. The number of aryl methyl sites for hydroxylation is 1. The number of fused-ring (bicyclic) bond motifs is 2. The normalized spacial score (nSPS) is 14.0. The van der Waals surface area contributed by atoms with Crippen LogP contribution in [0.3, 0.4) is 0 Å². The van der Waals surface area contributed by atoms with Crippen molar-refractivity contribution < 1.29 is 0 Å². The molecule has 1 aliphatic rings. The first-order valence-electron chi connectivity index (χ1n) is 6.88. The molecule has 1 N–H and O–H groups in total. The van der Waals surface area contributed by atoms with E-state index in [1.807, 2.05) is 19.2 Å². The maximum atomic E-state index is 4.64. The summed E-state index contributed by atoms with van der Waals surface area (Å²) < 4.78 is 0.